The predicted molar refractivity (Wildman–Crippen MR) is 71.3 cm³/mol. The molecule has 4 N–H and O–H groups in total. The number of nitrogens with one attached hydrogen (secondary N) is 4. The van der Waals surface area contributed by atoms with Crippen LogP contribution >= 0.6 is 0 Å². The molecule has 4 unspecified atom stereocenters. The molecule has 4 heterocycles. The molecule has 4 aliphatic rings. The maximum Gasteiger partial charge on any atom is 0.115 e. The first-order valence-electron chi connectivity index (χ1n) is 7.63. The number of piperidine rings is 2. The van der Waals surface area contributed by atoms with E-state index in [0.717, 1.165) is 0 Å². The lowest BCUT2D eigenvalue weighted by molar-refractivity contribution is -0.0117. The van der Waals surface area contributed by atoms with Crippen molar-refractivity contribution in [1.29, 1.82) is 0 Å². The highest BCUT2D eigenvalue weighted by molar-refractivity contribution is 5.02. The van der Waals surface area contributed by atoms with Crippen molar-refractivity contribution < 1.29 is 0 Å². The second kappa shape index (κ2) is 4.72. The zero-order valence-corrected chi connectivity index (χ0v) is 11.0. The summed E-state index contributed by atoms with van der Waals surface area (Å²) >= 11 is 0. The fourth-order valence-electron chi connectivity index (χ4n) is 4.14. The van der Waals surface area contributed by atoms with Crippen LogP contribution in [0.4, 0.5) is 0 Å². The van der Waals surface area contributed by atoms with E-state index in [2.05, 4.69) is 26.2 Å². The summed E-state index contributed by atoms with van der Waals surface area (Å²) in [5.74, 6) is 0. The molecule has 4 rings (SSSR count). The largest absolute Gasteiger partial charge is 0.311 e. The Labute approximate surface area is 109 Å². The Morgan fingerprint density at radius 3 is 1.83 bits per heavy atom. The second-order valence-corrected chi connectivity index (χ2v) is 6.31. The summed E-state index contributed by atoms with van der Waals surface area (Å²) < 4.78 is 0. The molecule has 4 atom stereocenters. The Bertz CT molecular complexity index is 252. The third-order valence-electron chi connectivity index (χ3n) is 5.14. The van der Waals surface area contributed by atoms with Crippen LogP contribution in [0, 0.1) is 0 Å². The average molecular weight is 251 g/mol. The molecule has 0 spiro atoms. The van der Waals surface area contributed by atoms with Crippen LogP contribution in [0.2, 0.25) is 0 Å². The summed E-state index contributed by atoms with van der Waals surface area (Å²) in [5.41, 5.74) is 0. The van der Waals surface area contributed by atoms with Gasteiger partial charge in [0, 0.05) is 37.3 Å². The average Bonchev–Trinajstić information content (AvgIpc) is 2.42. The molecular formula is C13H25N5. The summed E-state index contributed by atoms with van der Waals surface area (Å²) in [6.45, 7) is 4.78. The van der Waals surface area contributed by atoms with Crippen LogP contribution in [0.25, 0.3) is 0 Å². The Morgan fingerprint density at radius 1 is 0.722 bits per heavy atom. The van der Waals surface area contributed by atoms with Crippen molar-refractivity contribution in [2.24, 2.45) is 0 Å². The van der Waals surface area contributed by atoms with Crippen LogP contribution in [-0.4, -0.2) is 61.5 Å². The Hall–Kier alpha value is -0.200. The Morgan fingerprint density at radius 2 is 1.28 bits per heavy atom. The minimum atomic E-state index is 0.410. The Kier molecular flexibility index (Phi) is 3.05. The third kappa shape index (κ3) is 1.98. The summed E-state index contributed by atoms with van der Waals surface area (Å²) in [6.07, 6.45) is 5.70. The molecule has 4 aliphatic heterocycles. The fraction of sp³-hybridized carbons (Fsp3) is 1.00. The van der Waals surface area contributed by atoms with E-state index >= 15 is 0 Å². The number of nitrogens with zero attached hydrogens (tertiary/aromatic N) is 1. The first-order valence-corrected chi connectivity index (χ1v) is 7.63. The van der Waals surface area contributed by atoms with Gasteiger partial charge in [0.1, 0.15) is 6.29 Å². The van der Waals surface area contributed by atoms with Gasteiger partial charge in [-0.1, -0.05) is 0 Å². The summed E-state index contributed by atoms with van der Waals surface area (Å²) in [7, 11) is 0. The van der Waals surface area contributed by atoms with Crippen molar-refractivity contribution >= 4 is 0 Å². The van der Waals surface area contributed by atoms with Gasteiger partial charge in [-0.15, -0.1) is 0 Å². The molecule has 5 heteroatoms. The minimum Gasteiger partial charge on any atom is -0.311 e. The zero-order chi connectivity index (χ0) is 11.9. The highest BCUT2D eigenvalue weighted by Gasteiger charge is 2.42. The normalized spacial score (nSPS) is 49.0. The molecule has 4 fully saturated rings. The standard InChI is InChI=1S/C13H25N5/c1-3-9-11(14-5-1)7-18-8-12-10(4-2-6-15-12)17-13(18)16-9/h9-17H,1-8H2. The molecule has 102 valence electrons. The van der Waals surface area contributed by atoms with Gasteiger partial charge in [-0.2, -0.15) is 0 Å². The first-order chi connectivity index (χ1) is 8.90. The van der Waals surface area contributed by atoms with Crippen molar-refractivity contribution in [2.45, 2.75) is 56.1 Å². The van der Waals surface area contributed by atoms with Crippen molar-refractivity contribution in [3.8, 4) is 0 Å². The summed E-state index contributed by atoms with van der Waals surface area (Å²) in [5, 5.41) is 15.0. The van der Waals surface area contributed by atoms with E-state index in [9.17, 15) is 0 Å². The van der Waals surface area contributed by atoms with E-state index in [4.69, 9.17) is 0 Å². The van der Waals surface area contributed by atoms with E-state index in [0.29, 0.717) is 30.5 Å². The molecule has 0 radical (unpaired) electrons. The quantitative estimate of drug-likeness (QED) is 0.446. The summed E-state index contributed by atoms with van der Waals surface area (Å²) in [6, 6.07) is 2.63. The minimum absolute atomic E-state index is 0.410. The maximum absolute atomic E-state index is 3.81. The van der Waals surface area contributed by atoms with E-state index in [1.54, 1.807) is 0 Å². The van der Waals surface area contributed by atoms with Gasteiger partial charge in [-0.3, -0.25) is 15.5 Å². The van der Waals surface area contributed by atoms with Crippen LogP contribution in [0.3, 0.4) is 0 Å². The molecule has 0 aliphatic carbocycles. The van der Waals surface area contributed by atoms with Gasteiger partial charge in [0.15, 0.2) is 0 Å². The van der Waals surface area contributed by atoms with E-state index in [-0.39, 0.29) is 0 Å². The fourth-order valence-corrected chi connectivity index (χ4v) is 4.14. The first kappa shape index (κ1) is 11.6. The number of rotatable bonds is 0. The third-order valence-corrected chi connectivity index (χ3v) is 5.14. The molecule has 0 amide bonds. The van der Waals surface area contributed by atoms with Crippen molar-refractivity contribution in [3.05, 3.63) is 0 Å². The van der Waals surface area contributed by atoms with Crippen LogP contribution in [0.1, 0.15) is 25.7 Å². The molecule has 0 aromatic heterocycles. The van der Waals surface area contributed by atoms with Gasteiger partial charge in [0.2, 0.25) is 0 Å². The van der Waals surface area contributed by atoms with Crippen molar-refractivity contribution in [1.82, 2.24) is 26.2 Å². The SMILES string of the molecule is C1CNC2CN3CC4NCCCC4NC3NC2C1. The van der Waals surface area contributed by atoms with E-state index in [1.165, 1.54) is 51.9 Å². The van der Waals surface area contributed by atoms with Crippen LogP contribution < -0.4 is 21.3 Å². The van der Waals surface area contributed by atoms with E-state index < -0.39 is 0 Å². The second-order valence-electron chi connectivity index (χ2n) is 6.31. The van der Waals surface area contributed by atoms with Crippen LogP contribution in [0.5, 0.6) is 0 Å². The topological polar surface area (TPSA) is 51.4 Å². The predicted octanol–water partition coefficient (Wildman–Crippen LogP) is -0.980. The molecule has 0 aromatic rings. The highest BCUT2D eigenvalue weighted by atomic mass is 15.5. The van der Waals surface area contributed by atoms with Gasteiger partial charge >= 0.3 is 0 Å². The summed E-state index contributed by atoms with van der Waals surface area (Å²) in [4.78, 5) is 2.58. The lowest BCUT2D eigenvalue weighted by Crippen LogP contribution is -2.78. The molecule has 4 saturated heterocycles. The monoisotopic (exact) mass is 251 g/mol. The lowest BCUT2D eigenvalue weighted by Gasteiger charge is -2.54. The number of fused-ring (bicyclic) bond motifs is 3. The molecule has 0 saturated carbocycles. The lowest BCUT2D eigenvalue weighted by atomic mass is 9.91. The number of hydrogen-bond donors (Lipinski definition) is 4. The van der Waals surface area contributed by atoms with Crippen molar-refractivity contribution in [3.63, 3.8) is 0 Å². The van der Waals surface area contributed by atoms with Gasteiger partial charge < -0.3 is 10.6 Å². The van der Waals surface area contributed by atoms with Crippen LogP contribution in [0.15, 0.2) is 0 Å². The maximum atomic E-state index is 3.81. The molecule has 0 aromatic carbocycles. The smallest absolute Gasteiger partial charge is 0.115 e. The Balaban J connectivity index is 1.46. The molecular weight excluding hydrogens is 226 g/mol. The van der Waals surface area contributed by atoms with Gasteiger partial charge in [-0.25, -0.2) is 0 Å². The van der Waals surface area contributed by atoms with Gasteiger partial charge in [0.05, 0.1) is 0 Å². The molecule has 0 bridgehead atoms. The molecule has 5 nitrogen and oxygen atoms in total. The van der Waals surface area contributed by atoms with Crippen molar-refractivity contribution in [2.75, 3.05) is 26.2 Å². The van der Waals surface area contributed by atoms with E-state index in [1.807, 2.05) is 0 Å². The zero-order valence-electron chi connectivity index (χ0n) is 11.0. The molecule has 18 heavy (non-hydrogen) atoms. The number of hydrogen-bond acceptors (Lipinski definition) is 5. The van der Waals surface area contributed by atoms with Crippen LogP contribution in [-0.2, 0) is 0 Å². The van der Waals surface area contributed by atoms with Gasteiger partial charge in [0.25, 0.3) is 0 Å². The van der Waals surface area contributed by atoms with Gasteiger partial charge in [-0.05, 0) is 38.8 Å². The highest BCUT2D eigenvalue weighted by Crippen LogP contribution is 2.22.